The zero-order valence-electron chi connectivity index (χ0n) is 11.7. The molecule has 3 heterocycles. The smallest absolute Gasteiger partial charge is 0.138 e. The number of anilines is 1. The predicted octanol–water partition coefficient (Wildman–Crippen LogP) is 3.13. The van der Waals surface area contributed by atoms with E-state index in [-0.39, 0.29) is 0 Å². The maximum Gasteiger partial charge on any atom is 0.138 e. The third-order valence-corrected chi connectivity index (χ3v) is 4.19. The average Bonchev–Trinajstić information content (AvgIpc) is 3.04. The van der Waals surface area contributed by atoms with Crippen LogP contribution in [0.1, 0.15) is 17.3 Å². The van der Waals surface area contributed by atoms with Crippen LogP contribution in [-0.2, 0) is 7.05 Å². The van der Waals surface area contributed by atoms with Crippen molar-refractivity contribution in [2.75, 3.05) is 5.32 Å². The Morgan fingerprint density at radius 1 is 1.41 bits per heavy atom. The zero-order valence-corrected chi connectivity index (χ0v) is 12.4. The third kappa shape index (κ3) is 1.84. The van der Waals surface area contributed by atoms with Gasteiger partial charge < -0.3 is 20.6 Å². The number of aliphatic imine (C=N–C) groups is 1. The van der Waals surface area contributed by atoms with E-state index in [1.807, 2.05) is 23.9 Å². The second-order valence-electron chi connectivity index (χ2n) is 5.29. The lowest BCUT2D eigenvalue weighted by Gasteiger charge is -2.21. The SMILES string of the molecule is Cn1ccc2c1NC(c1c[nH]c3c(Cl)cc(F)cc13)=NC2N. The molecule has 2 aromatic heterocycles. The normalized spacial score (nSPS) is 17.3. The second-order valence-corrected chi connectivity index (χ2v) is 5.70. The van der Waals surface area contributed by atoms with E-state index in [0.717, 1.165) is 16.9 Å². The van der Waals surface area contributed by atoms with Gasteiger partial charge in [0.2, 0.25) is 0 Å². The molecule has 3 aromatic rings. The second kappa shape index (κ2) is 4.59. The molecule has 4 rings (SSSR count). The van der Waals surface area contributed by atoms with Crippen LogP contribution in [0, 0.1) is 5.82 Å². The molecule has 0 spiro atoms. The quantitative estimate of drug-likeness (QED) is 0.645. The Morgan fingerprint density at radius 2 is 2.23 bits per heavy atom. The summed E-state index contributed by atoms with van der Waals surface area (Å²) in [5, 5.41) is 4.26. The standard InChI is InChI=1S/C15H13ClFN5/c1-22-3-2-8-13(18)20-14(21-15(8)22)10-6-19-12-9(10)4-7(17)5-11(12)16/h2-6,13,19H,18H2,1H3,(H,20,21). The fourth-order valence-electron chi connectivity index (χ4n) is 2.79. The van der Waals surface area contributed by atoms with Crippen LogP contribution in [-0.4, -0.2) is 15.4 Å². The number of nitrogens with zero attached hydrogens (tertiary/aromatic N) is 2. The Bertz CT molecular complexity index is 924. The van der Waals surface area contributed by atoms with Gasteiger partial charge >= 0.3 is 0 Å². The van der Waals surface area contributed by atoms with Gasteiger partial charge in [-0.05, 0) is 18.2 Å². The molecular weight excluding hydrogens is 305 g/mol. The van der Waals surface area contributed by atoms with E-state index in [4.69, 9.17) is 17.3 Å². The molecular formula is C15H13ClFN5. The van der Waals surface area contributed by atoms with Crippen LogP contribution in [0.25, 0.3) is 10.9 Å². The van der Waals surface area contributed by atoms with Crippen molar-refractivity contribution in [3.63, 3.8) is 0 Å². The largest absolute Gasteiger partial charge is 0.359 e. The summed E-state index contributed by atoms with van der Waals surface area (Å²) in [7, 11) is 1.92. The molecule has 5 nitrogen and oxygen atoms in total. The molecule has 1 aromatic carbocycles. The Kier molecular flexibility index (Phi) is 2.79. The molecule has 22 heavy (non-hydrogen) atoms. The van der Waals surface area contributed by atoms with Crippen molar-refractivity contribution in [1.82, 2.24) is 9.55 Å². The summed E-state index contributed by atoms with van der Waals surface area (Å²) >= 11 is 6.07. The number of fused-ring (bicyclic) bond motifs is 2. The number of H-pyrrole nitrogens is 1. The van der Waals surface area contributed by atoms with Crippen LogP contribution in [0.5, 0.6) is 0 Å². The fraction of sp³-hybridized carbons (Fsp3) is 0.133. The molecule has 1 aliphatic rings. The van der Waals surface area contributed by atoms with Crippen molar-refractivity contribution < 1.29 is 4.39 Å². The Hall–Kier alpha value is -2.31. The van der Waals surface area contributed by atoms with E-state index >= 15 is 0 Å². The Morgan fingerprint density at radius 3 is 3.05 bits per heavy atom. The highest BCUT2D eigenvalue weighted by atomic mass is 35.5. The number of hydrogen-bond donors (Lipinski definition) is 3. The highest BCUT2D eigenvalue weighted by Crippen LogP contribution is 2.32. The topological polar surface area (TPSA) is 71.1 Å². The first-order chi connectivity index (χ1) is 10.5. The molecule has 1 unspecified atom stereocenters. The number of aromatic amines is 1. The lowest BCUT2D eigenvalue weighted by molar-refractivity contribution is 0.630. The van der Waals surface area contributed by atoms with Gasteiger partial charge in [-0.2, -0.15) is 0 Å². The average molecular weight is 318 g/mol. The van der Waals surface area contributed by atoms with Gasteiger partial charge in [-0.15, -0.1) is 0 Å². The number of nitrogens with one attached hydrogen (secondary N) is 2. The van der Waals surface area contributed by atoms with E-state index in [0.29, 0.717) is 21.8 Å². The monoisotopic (exact) mass is 317 g/mol. The Balaban J connectivity index is 1.88. The molecule has 1 aliphatic heterocycles. The molecule has 0 aliphatic carbocycles. The van der Waals surface area contributed by atoms with Gasteiger partial charge in [-0.3, -0.25) is 0 Å². The van der Waals surface area contributed by atoms with Gasteiger partial charge in [0.1, 0.15) is 23.6 Å². The number of aromatic nitrogens is 2. The lowest BCUT2D eigenvalue weighted by atomic mass is 10.1. The minimum absolute atomic E-state index is 0.335. The summed E-state index contributed by atoms with van der Waals surface area (Å²) in [6, 6.07) is 4.64. The van der Waals surface area contributed by atoms with Crippen LogP contribution in [0.3, 0.4) is 0 Å². The molecule has 0 fully saturated rings. The van der Waals surface area contributed by atoms with E-state index in [1.165, 1.54) is 12.1 Å². The van der Waals surface area contributed by atoms with Crippen LogP contribution in [0.15, 0.2) is 35.6 Å². The first-order valence-electron chi connectivity index (χ1n) is 6.76. The maximum atomic E-state index is 13.7. The van der Waals surface area contributed by atoms with Gasteiger partial charge in [0.05, 0.1) is 10.5 Å². The van der Waals surface area contributed by atoms with Crippen LogP contribution < -0.4 is 11.1 Å². The summed E-state index contributed by atoms with van der Waals surface area (Å²) in [5.74, 6) is 1.09. The number of nitrogens with two attached hydrogens (primary N) is 1. The van der Waals surface area contributed by atoms with Gasteiger partial charge in [0, 0.05) is 36.0 Å². The van der Waals surface area contributed by atoms with Crippen molar-refractivity contribution in [1.29, 1.82) is 0 Å². The minimum atomic E-state index is -0.457. The minimum Gasteiger partial charge on any atom is -0.359 e. The molecule has 1 atom stereocenters. The maximum absolute atomic E-state index is 13.7. The van der Waals surface area contributed by atoms with Crippen LogP contribution in [0.4, 0.5) is 10.2 Å². The summed E-state index contributed by atoms with van der Waals surface area (Å²) < 4.78 is 15.6. The summed E-state index contributed by atoms with van der Waals surface area (Å²) in [5.41, 5.74) is 8.44. The predicted molar refractivity (Wildman–Crippen MR) is 85.8 cm³/mol. The first-order valence-corrected chi connectivity index (χ1v) is 7.14. The molecule has 0 saturated carbocycles. The Labute approximate surface area is 130 Å². The van der Waals surface area contributed by atoms with E-state index < -0.39 is 12.0 Å². The van der Waals surface area contributed by atoms with Gasteiger partial charge in [-0.1, -0.05) is 11.6 Å². The first kappa shape index (κ1) is 13.4. The van der Waals surface area contributed by atoms with Gasteiger partial charge in [0.15, 0.2) is 0 Å². The molecule has 112 valence electrons. The number of hydrogen-bond acceptors (Lipinski definition) is 3. The number of halogens is 2. The van der Waals surface area contributed by atoms with E-state index in [1.54, 1.807) is 6.20 Å². The van der Waals surface area contributed by atoms with Gasteiger partial charge in [0.25, 0.3) is 0 Å². The van der Waals surface area contributed by atoms with E-state index in [2.05, 4.69) is 15.3 Å². The molecule has 0 bridgehead atoms. The summed E-state index contributed by atoms with van der Waals surface area (Å²) in [6.07, 6.45) is 3.21. The van der Waals surface area contributed by atoms with Crippen LogP contribution >= 0.6 is 11.6 Å². The zero-order chi connectivity index (χ0) is 15.4. The van der Waals surface area contributed by atoms with Crippen LogP contribution in [0.2, 0.25) is 5.02 Å². The highest BCUT2D eigenvalue weighted by Gasteiger charge is 2.23. The molecule has 7 heteroatoms. The van der Waals surface area contributed by atoms with Crippen molar-refractivity contribution in [2.24, 2.45) is 17.8 Å². The fourth-order valence-corrected chi connectivity index (χ4v) is 3.05. The summed E-state index contributed by atoms with van der Waals surface area (Å²) in [6.45, 7) is 0. The lowest BCUT2D eigenvalue weighted by Crippen LogP contribution is -2.25. The molecule has 4 N–H and O–H groups in total. The molecule has 0 saturated heterocycles. The molecule has 0 amide bonds. The molecule has 0 radical (unpaired) electrons. The van der Waals surface area contributed by atoms with Gasteiger partial charge in [-0.25, -0.2) is 9.38 Å². The number of amidine groups is 1. The van der Waals surface area contributed by atoms with Crippen molar-refractivity contribution in [2.45, 2.75) is 6.17 Å². The van der Waals surface area contributed by atoms with Crippen molar-refractivity contribution in [3.8, 4) is 0 Å². The summed E-state index contributed by atoms with van der Waals surface area (Å²) in [4.78, 5) is 7.53. The van der Waals surface area contributed by atoms with Crippen molar-refractivity contribution >= 4 is 34.2 Å². The van der Waals surface area contributed by atoms with Crippen molar-refractivity contribution in [3.05, 3.63) is 52.6 Å². The van der Waals surface area contributed by atoms with E-state index in [9.17, 15) is 4.39 Å². The third-order valence-electron chi connectivity index (χ3n) is 3.89. The number of rotatable bonds is 1. The number of benzene rings is 1. The number of aryl methyl sites for hydroxylation is 1. The highest BCUT2D eigenvalue weighted by molar-refractivity contribution is 6.35.